The van der Waals surface area contributed by atoms with Gasteiger partial charge in [0.2, 0.25) is 0 Å². The molecule has 3 nitrogen and oxygen atoms in total. The van der Waals surface area contributed by atoms with Gasteiger partial charge in [0.15, 0.2) is 0 Å². The van der Waals surface area contributed by atoms with Gasteiger partial charge in [-0.05, 0) is 42.0 Å². The molecule has 0 fully saturated rings. The van der Waals surface area contributed by atoms with Gasteiger partial charge in [0.25, 0.3) is 5.91 Å². The zero-order valence-electron chi connectivity index (χ0n) is 11.8. The topological polar surface area (TPSA) is 38.3 Å². The predicted octanol–water partition coefficient (Wildman–Crippen LogP) is 4.40. The summed E-state index contributed by atoms with van der Waals surface area (Å²) in [4.78, 5) is 12.1. The van der Waals surface area contributed by atoms with Gasteiger partial charge in [0.1, 0.15) is 12.4 Å². The second kappa shape index (κ2) is 6.08. The maximum atomic E-state index is 12.1. The fourth-order valence-electron chi connectivity index (χ4n) is 2.29. The Bertz CT molecular complexity index is 763. The Kier molecular flexibility index (Phi) is 3.98. The number of hydrogen-bond acceptors (Lipinski definition) is 2. The molecule has 0 aliphatic carbocycles. The lowest BCUT2D eigenvalue weighted by Gasteiger charge is -2.03. The summed E-state index contributed by atoms with van der Waals surface area (Å²) < 4.78 is 5.44. The van der Waals surface area contributed by atoms with Gasteiger partial charge < -0.3 is 10.1 Å². The van der Waals surface area contributed by atoms with E-state index in [1.807, 2.05) is 36.4 Å². The number of carbonyl (C=O) groups excluding carboxylic acids is 1. The Morgan fingerprint density at radius 2 is 1.95 bits per heavy atom. The number of ether oxygens (including phenoxy) is 1. The van der Waals surface area contributed by atoms with Crippen molar-refractivity contribution in [2.75, 3.05) is 11.9 Å². The molecule has 0 saturated carbocycles. The Morgan fingerprint density at radius 3 is 2.68 bits per heavy atom. The van der Waals surface area contributed by atoms with E-state index in [1.54, 1.807) is 18.2 Å². The summed E-state index contributed by atoms with van der Waals surface area (Å²) in [7, 11) is 0. The Hall–Kier alpha value is -2.52. The summed E-state index contributed by atoms with van der Waals surface area (Å²) in [6.45, 7) is 4.08. The van der Waals surface area contributed by atoms with Crippen LogP contribution >= 0.6 is 11.6 Å². The van der Waals surface area contributed by atoms with Crippen molar-refractivity contribution in [3.05, 3.63) is 71.3 Å². The van der Waals surface area contributed by atoms with Crippen molar-refractivity contribution in [3.63, 3.8) is 0 Å². The first-order valence-electron chi connectivity index (χ1n) is 6.84. The maximum absolute atomic E-state index is 12.1. The van der Waals surface area contributed by atoms with Gasteiger partial charge in [-0.25, -0.2) is 0 Å². The van der Waals surface area contributed by atoms with Crippen molar-refractivity contribution in [2.24, 2.45) is 0 Å². The quantitative estimate of drug-likeness (QED) is 0.671. The summed E-state index contributed by atoms with van der Waals surface area (Å²) in [6.07, 6.45) is 3.54. The zero-order valence-corrected chi connectivity index (χ0v) is 12.6. The molecule has 1 heterocycles. The molecule has 2 aromatic rings. The zero-order chi connectivity index (χ0) is 15.5. The second-order valence-corrected chi connectivity index (χ2v) is 5.31. The van der Waals surface area contributed by atoms with Crippen LogP contribution in [0.1, 0.15) is 11.1 Å². The molecule has 110 valence electrons. The largest absolute Gasteiger partial charge is 0.490 e. The minimum absolute atomic E-state index is 0.121. The molecule has 1 amide bonds. The highest BCUT2D eigenvalue weighted by Gasteiger charge is 2.24. The van der Waals surface area contributed by atoms with Crippen LogP contribution in [0, 0.1) is 0 Å². The summed E-state index contributed by atoms with van der Waals surface area (Å²) in [5.74, 6) is 0.644. The molecule has 22 heavy (non-hydrogen) atoms. The van der Waals surface area contributed by atoms with Gasteiger partial charge in [0, 0.05) is 21.8 Å². The number of amides is 1. The van der Waals surface area contributed by atoms with Gasteiger partial charge in [-0.2, -0.15) is 0 Å². The first-order chi connectivity index (χ1) is 10.7. The van der Waals surface area contributed by atoms with E-state index in [0.717, 1.165) is 22.6 Å². The smallest absolute Gasteiger partial charge is 0.256 e. The minimum atomic E-state index is -0.121. The summed E-state index contributed by atoms with van der Waals surface area (Å²) in [6, 6.07) is 12.9. The lowest BCUT2D eigenvalue weighted by molar-refractivity contribution is -0.110. The third-order valence-corrected chi connectivity index (χ3v) is 3.56. The van der Waals surface area contributed by atoms with Crippen LogP contribution in [0.3, 0.4) is 0 Å². The summed E-state index contributed by atoms with van der Waals surface area (Å²) in [5, 5.41) is 3.44. The highest BCUT2D eigenvalue weighted by atomic mass is 35.5. The average molecular weight is 312 g/mol. The predicted molar refractivity (Wildman–Crippen MR) is 90.1 cm³/mol. The number of anilines is 1. The third kappa shape index (κ3) is 2.90. The van der Waals surface area contributed by atoms with E-state index >= 15 is 0 Å². The average Bonchev–Trinajstić information content (AvgIpc) is 2.82. The molecule has 0 saturated heterocycles. The Labute approximate surface area is 133 Å². The molecule has 4 heteroatoms. The number of hydrogen-bond donors (Lipinski definition) is 1. The van der Waals surface area contributed by atoms with Crippen LogP contribution in [-0.4, -0.2) is 12.5 Å². The summed E-state index contributed by atoms with van der Waals surface area (Å²) in [5.41, 5.74) is 3.14. The van der Waals surface area contributed by atoms with Crippen LogP contribution in [-0.2, 0) is 4.79 Å². The van der Waals surface area contributed by atoms with Gasteiger partial charge in [-0.1, -0.05) is 36.4 Å². The van der Waals surface area contributed by atoms with E-state index in [2.05, 4.69) is 11.9 Å². The first-order valence-corrected chi connectivity index (χ1v) is 7.22. The van der Waals surface area contributed by atoms with E-state index in [4.69, 9.17) is 16.3 Å². The number of halogens is 1. The van der Waals surface area contributed by atoms with E-state index in [0.29, 0.717) is 17.2 Å². The number of nitrogens with one attached hydrogen (secondary N) is 1. The van der Waals surface area contributed by atoms with Crippen molar-refractivity contribution >= 4 is 34.8 Å². The lowest BCUT2D eigenvalue weighted by atomic mass is 10.0. The number of benzene rings is 2. The molecular formula is C18H14ClNO2. The van der Waals surface area contributed by atoms with Crippen LogP contribution in [0.25, 0.3) is 11.6 Å². The first kappa shape index (κ1) is 14.4. The van der Waals surface area contributed by atoms with Crippen LogP contribution in [0.2, 0.25) is 5.02 Å². The van der Waals surface area contributed by atoms with E-state index < -0.39 is 0 Å². The van der Waals surface area contributed by atoms with Crippen molar-refractivity contribution in [1.29, 1.82) is 0 Å². The van der Waals surface area contributed by atoms with E-state index in [-0.39, 0.29) is 5.91 Å². The Balaban J connectivity index is 1.91. The molecule has 1 aliphatic heterocycles. The van der Waals surface area contributed by atoms with Crippen molar-refractivity contribution in [1.82, 2.24) is 0 Å². The molecule has 1 aliphatic rings. The van der Waals surface area contributed by atoms with Crippen LogP contribution in [0.5, 0.6) is 5.75 Å². The highest BCUT2D eigenvalue weighted by molar-refractivity contribution is 6.36. The van der Waals surface area contributed by atoms with Gasteiger partial charge in [0.05, 0.1) is 0 Å². The fourth-order valence-corrected chi connectivity index (χ4v) is 2.46. The molecule has 0 spiro atoms. The molecule has 2 aromatic carbocycles. The van der Waals surface area contributed by atoms with E-state index in [9.17, 15) is 4.79 Å². The minimum Gasteiger partial charge on any atom is -0.490 e. The molecule has 0 aromatic heterocycles. The van der Waals surface area contributed by atoms with Crippen molar-refractivity contribution in [2.45, 2.75) is 0 Å². The summed E-state index contributed by atoms with van der Waals surface area (Å²) >= 11 is 6.02. The number of fused-ring (bicyclic) bond motifs is 1. The van der Waals surface area contributed by atoms with Crippen LogP contribution < -0.4 is 10.1 Å². The Morgan fingerprint density at radius 1 is 1.18 bits per heavy atom. The number of carbonyl (C=O) groups is 1. The van der Waals surface area contributed by atoms with Crippen molar-refractivity contribution in [3.8, 4) is 5.75 Å². The number of rotatable bonds is 4. The lowest BCUT2D eigenvalue weighted by Crippen LogP contribution is -2.03. The van der Waals surface area contributed by atoms with Crippen LogP contribution in [0.15, 0.2) is 55.1 Å². The second-order valence-electron chi connectivity index (χ2n) is 4.87. The monoisotopic (exact) mass is 311 g/mol. The van der Waals surface area contributed by atoms with Gasteiger partial charge >= 0.3 is 0 Å². The molecular weight excluding hydrogens is 298 g/mol. The van der Waals surface area contributed by atoms with Gasteiger partial charge in [-0.3, -0.25) is 4.79 Å². The van der Waals surface area contributed by atoms with Gasteiger partial charge in [-0.15, -0.1) is 0 Å². The SMILES string of the molecule is C=CCOc1ccc(/C=C2/C(=O)Nc3ccc(Cl)cc32)cc1. The fraction of sp³-hybridized carbons (Fsp3) is 0.0556. The highest BCUT2D eigenvalue weighted by Crippen LogP contribution is 2.35. The molecule has 3 rings (SSSR count). The normalized spacial score (nSPS) is 14.6. The van der Waals surface area contributed by atoms with Crippen molar-refractivity contribution < 1.29 is 9.53 Å². The van der Waals surface area contributed by atoms with E-state index in [1.165, 1.54) is 0 Å². The molecule has 1 N–H and O–H groups in total. The third-order valence-electron chi connectivity index (χ3n) is 3.32. The van der Waals surface area contributed by atoms with Crippen LogP contribution in [0.4, 0.5) is 5.69 Å². The standard InChI is InChI=1S/C18H14ClNO2/c1-2-9-22-14-6-3-12(4-7-14)10-16-15-11-13(19)5-8-17(15)20-18(16)21/h2-8,10-11H,1,9H2,(H,20,21)/b16-10+. The molecule has 0 radical (unpaired) electrons. The maximum Gasteiger partial charge on any atom is 0.256 e. The molecule has 0 unspecified atom stereocenters. The molecule has 0 bridgehead atoms. The molecule has 0 atom stereocenters.